The molecule has 7 heteroatoms. The summed E-state index contributed by atoms with van der Waals surface area (Å²) in [6, 6.07) is 2.12. The maximum Gasteiger partial charge on any atom is 0.191 e. The second-order valence-electron chi connectivity index (χ2n) is 6.53. The predicted octanol–water partition coefficient (Wildman–Crippen LogP) is 2.96. The Labute approximate surface area is 154 Å². The Bertz CT molecular complexity index is 715. The summed E-state index contributed by atoms with van der Waals surface area (Å²) in [6.07, 6.45) is 0. The van der Waals surface area contributed by atoms with Gasteiger partial charge in [0, 0.05) is 30.2 Å². The topological polar surface area (TPSA) is 67.1 Å². The molecule has 25 heavy (non-hydrogen) atoms. The summed E-state index contributed by atoms with van der Waals surface area (Å²) < 4.78 is 2.08. The molecular weight excluding hydrogens is 332 g/mol. The summed E-state index contributed by atoms with van der Waals surface area (Å²) in [4.78, 5) is 10.4. The summed E-state index contributed by atoms with van der Waals surface area (Å²) in [5, 5.41) is 12.4. The largest absolute Gasteiger partial charge is 0.357 e. The Morgan fingerprint density at radius 3 is 2.60 bits per heavy atom. The van der Waals surface area contributed by atoms with Crippen LogP contribution in [0.3, 0.4) is 0 Å². The molecule has 2 rings (SSSR count). The van der Waals surface area contributed by atoms with Crippen molar-refractivity contribution in [1.29, 1.82) is 0 Å². The number of guanidine groups is 1. The van der Waals surface area contributed by atoms with Crippen molar-refractivity contribution in [1.82, 2.24) is 25.4 Å². The monoisotopic (exact) mass is 362 g/mol. The molecule has 0 spiro atoms. The van der Waals surface area contributed by atoms with Crippen molar-refractivity contribution in [3.05, 3.63) is 33.0 Å². The van der Waals surface area contributed by atoms with E-state index in [4.69, 9.17) is 4.99 Å². The molecule has 1 unspecified atom stereocenters. The van der Waals surface area contributed by atoms with Crippen LogP contribution in [0.15, 0.2) is 11.1 Å². The molecule has 2 aromatic heterocycles. The number of aliphatic imine (C=N–C) groups is 1. The molecule has 0 saturated heterocycles. The number of hydrogen-bond donors (Lipinski definition) is 2. The maximum absolute atomic E-state index is 4.70. The van der Waals surface area contributed by atoms with Crippen LogP contribution < -0.4 is 10.6 Å². The van der Waals surface area contributed by atoms with Gasteiger partial charge in [-0.25, -0.2) is 9.98 Å². The Balaban J connectivity index is 1.90. The normalized spacial score (nSPS) is 13.1. The zero-order valence-corrected chi connectivity index (χ0v) is 17.0. The minimum Gasteiger partial charge on any atom is -0.357 e. The minimum absolute atomic E-state index is 0.453. The van der Waals surface area contributed by atoms with Gasteiger partial charge in [-0.1, -0.05) is 6.92 Å². The molecule has 0 aliphatic rings. The molecule has 0 amide bonds. The highest BCUT2D eigenvalue weighted by molar-refractivity contribution is 7.11. The van der Waals surface area contributed by atoms with Gasteiger partial charge in [0.15, 0.2) is 5.96 Å². The fourth-order valence-electron chi connectivity index (χ4n) is 2.70. The fourth-order valence-corrected chi connectivity index (χ4v) is 3.56. The molecule has 6 nitrogen and oxygen atoms in total. The number of aryl methyl sites for hydroxylation is 4. The van der Waals surface area contributed by atoms with Crippen LogP contribution in [0.5, 0.6) is 0 Å². The molecule has 0 aliphatic carbocycles. The van der Waals surface area contributed by atoms with Gasteiger partial charge in [0.25, 0.3) is 0 Å². The van der Waals surface area contributed by atoms with Gasteiger partial charge in [0.1, 0.15) is 0 Å². The van der Waals surface area contributed by atoms with E-state index in [0.29, 0.717) is 12.5 Å². The molecule has 1 atom stereocenters. The summed E-state index contributed by atoms with van der Waals surface area (Å²) in [5.74, 6) is 1.31. The van der Waals surface area contributed by atoms with E-state index in [0.717, 1.165) is 42.0 Å². The van der Waals surface area contributed by atoms with E-state index in [1.165, 1.54) is 10.6 Å². The standard InChI is InChI=1S/C18H30N6S/c1-7-19-18(21-10-17-15(5)22-16(6)25-17)20-9-12(2)11-24-14(4)8-13(3)23-24/h8,12H,7,9-11H2,1-6H3,(H2,19,20,21). The molecule has 0 bridgehead atoms. The summed E-state index contributed by atoms with van der Waals surface area (Å²) in [5.41, 5.74) is 3.36. The fraction of sp³-hybridized carbons (Fsp3) is 0.611. The zero-order chi connectivity index (χ0) is 18.4. The van der Waals surface area contributed by atoms with Crippen molar-refractivity contribution in [2.24, 2.45) is 10.9 Å². The highest BCUT2D eigenvalue weighted by atomic mass is 32.1. The van der Waals surface area contributed by atoms with Gasteiger partial charge in [-0.3, -0.25) is 4.68 Å². The van der Waals surface area contributed by atoms with Crippen LogP contribution in [0.25, 0.3) is 0 Å². The van der Waals surface area contributed by atoms with Crippen LogP contribution in [-0.4, -0.2) is 33.8 Å². The lowest BCUT2D eigenvalue weighted by molar-refractivity contribution is 0.436. The first kappa shape index (κ1) is 19.4. The number of hydrogen-bond acceptors (Lipinski definition) is 4. The minimum atomic E-state index is 0.453. The lowest BCUT2D eigenvalue weighted by Crippen LogP contribution is -2.40. The third-order valence-corrected chi connectivity index (χ3v) is 4.99. The van der Waals surface area contributed by atoms with E-state index in [2.05, 4.69) is 52.2 Å². The van der Waals surface area contributed by atoms with E-state index in [1.54, 1.807) is 11.3 Å². The number of thiazole rings is 1. The van der Waals surface area contributed by atoms with Gasteiger partial charge in [-0.15, -0.1) is 11.3 Å². The van der Waals surface area contributed by atoms with Gasteiger partial charge in [-0.05, 0) is 46.6 Å². The first-order chi connectivity index (χ1) is 11.9. The molecule has 0 saturated carbocycles. The van der Waals surface area contributed by atoms with E-state index >= 15 is 0 Å². The van der Waals surface area contributed by atoms with Crippen molar-refractivity contribution < 1.29 is 0 Å². The van der Waals surface area contributed by atoms with Crippen molar-refractivity contribution in [3.63, 3.8) is 0 Å². The molecule has 0 fully saturated rings. The third kappa shape index (κ3) is 5.85. The van der Waals surface area contributed by atoms with Crippen molar-refractivity contribution >= 4 is 17.3 Å². The Hall–Kier alpha value is -1.89. The number of rotatable bonds is 7. The summed E-state index contributed by atoms with van der Waals surface area (Å²) in [6.45, 7) is 15.8. The Kier molecular flexibility index (Phi) is 6.99. The van der Waals surface area contributed by atoms with Crippen LogP contribution in [0.1, 0.15) is 40.8 Å². The molecular formula is C18H30N6S. The van der Waals surface area contributed by atoms with Crippen LogP contribution in [-0.2, 0) is 13.1 Å². The van der Waals surface area contributed by atoms with Gasteiger partial charge in [0.05, 0.1) is 22.9 Å². The number of aromatic nitrogens is 3. The van der Waals surface area contributed by atoms with Gasteiger partial charge < -0.3 is 10.6 Å². The van der Waals surface area contributed by atoms with E-state index < -0.39 is 0 Å². The highest BCUT2D eigenvalue weighted by Gasteiger charge is 2.09. The molecule has 138 valence electrons. The molecule has 2 heterocycles. The summed E-state index contributed by atoms with van der Waals surface area (Å²) >= 11 is 1.72. The second-order valence-corrected chi connectivity index (χ2v) is 7.82. The van der Waals surface area contributed by atoms with E-state index in [1.807, 2.05) is 20.8 Å². The quantitative estimate of drug-likeness (QED) is 0.587. The summed E-state index contributed by atoms with van der Waals surface area (Å²) in [7, 11) is 0. The maximum atomic E-state index is 4.70. The zero-order valence-electron chi connectivity index (χ0n) is 16.2. The Morgan fingerprint density at radius 1 is 1.28 bits per heavy atom. The van der Waals surface area contributed by atoms with Crippen molar-refractivity contribution in [2.75, 3.05) is 13.1 Å². The van der Waals surface area contributed by atoms with E-state index in [-0.39, 0.29) is 0 Å². The SMILES string of the molecule is CCNC(=NCc1sc(C)nc1C)NCC(C)Cn1nc(C)cc1C. The molecule has 2 aromatic rings. The van der Waals surface area contributed by atoms with E-state index in [9.17, 15) is 0 Å². The smallest absolute Gasteiger partial charge is 0.191 e. The third-order valence-electron chi connectivity index (χ3n) is 3.93. The highest BCUT2D eigenvalue weighted by Crippen LogP contribution is 2.17. The van der Waals surface area contributed by atoms with Crippen LogP contribution in [0.2, 0.25) is 0 Å². The molecule has 0 aromatic carbocycles. The molecule has 0 aliphatic heterocycles. The lowest BCUT2D eigenvalue weighted by atomic mass is 10.2. The Morgan fingerprint density at radius 2 is 2.04 bits per heavy atom. The van der Waals surface area contributed by atoms with Gasteiger partial charge >= 0.3 is 0 Å². The van der Waals surface area contributed by atoms with Gasteiger partial charge in [0.2, 0.25) is 0 Å². The van der Waals surface area contributed by atoms with Crippen LogP contribution in [0.4, 0.5) is 0 Å². The first-order valence-electron chi connectivity index (χ1n) is 8.85. The van der Waals surface area contributed by atoms with Crippen LogP contribution >= 0.6 is 11.3 Å². The molecule has 0 radical (unpaired) electrons. The number of nitrogens with zero attached hydrogens (tertiary/aromatic N) is 4. The second kappa shape index (κ2) is 8.99. The lowest BCUT2D eigenvalue weighted by Gasteiger charge is -2.16. The van der Waals surface area contributed by atoms with Gasteiger partial charge in [-0.2, -0.15) is 5.10 Å². The average Bonchev–Trinajstić information content (AvgIpc) is 3.02. The van der Waals surface area contributed by atoms with Crippen molar-refractivity contribution in [2.45, 2.75) is 54.6 Å². The predicted molar refractivity (Wildman–Crippen MR) is 105 cm³/mol. The number of nitrogens with one attached hydrogen (secondary N) is 2. The van der Waals surface area contributed by atoms with Crippen LogP contribution in [0, 0.1) is 33.6 Å². The van der Waals surface area contributed by atoms with Crippen molar-refractivity contribution in [3.8, 4) is 0 Å². The average molecular weight is 363 g/mol. The first-order valence-corrected chi connectivity index (χ1v) is 9.66. The molecule has 2 N–H and O–H groups in total.